The Morgan fingerprint density at radius 2 is 1.75 bits per heavy atom. The third-order valence-electron chi connectivity index (χ3n) is 8.02. The van der Waals surface area contributed by atoms with Crippen molar-refractivity contribution < 1.29 is 56.1 Å². The van der Waals surface area contributed by atoms with Crippen LogP contribution in [0.15, 0.2) is 6.07 Å². The van der Waals surface area contributed by atoms with Crippen LogP contribution >= 0.6 is 0 Å². The van der Waals surface area contributed by atoms with E-state index in [2.05, 4.69) is 0 Å². The summed E-state index contributed by atoms with van der Waals surface area (Å²) in [6.45, 7) is -2.51. The number of rotatable bonds is 6. The first-order valence-corrected chi connectivity index (χ1v) is 12.2. The fourth-order valence-corrected chi connectivity index (χ4v) is 6.06. The molecule has 0 radical (unpaired) electrons. The third kappa shape index (κ3) is 4.35. The van der Waals surface area contributed by atoms with Crippen molar-refractivity contribution >= 4 is 34.7 Å². The van der Waals surface area contributed by atoms with E-state index in [-0.39, 0.29) is 24.0 Å². The van der Waals surface area contributed by atoms with E-state index >= 15 is 0 Å². The Morgan fingerprint density at radius 3 is 2.30 bits per heavy atom. The maximum absolute atomic E-state index is 13.7. The van der Waals surface area contributed by atoms with Crippen molar-refractivity contribution in [2.24, 2.45) is 29.4 Å². The second-order valence-corrected chi connectivity index (χ2v) is 10.7. The minimum Gasteiger partial charge on any atom is -0.507 e. The number of hydrogen-bond acceptors (Lipinski definition) is 9. The highest BCUT2D eigenvalue weighted by atomic mass is 19.4. The van der Waals surface area contributed by atoms with Crippen LogP contribution in [0.4, 0.5) is 27.6 Å². The molecule has 15 heteroatoms. The number of carbonyl (C=O) groups excluding carboxylic acids is 5. The number of aliphatic hydroxyl groups is 1. The van der Waals surface area contributed by atoms with Gasteiger partial charge in [-0.3, -0.25) is 24.0 Å². The number of fused-ring (bicyclic) bond motifs is 3. The van der Waals surface area contributed by atoms with E-state index in [1.54, 1.807) is 14.1 Å². The number of amides is 1. The van der Waals surface area contributed by atoms with Crippen molar-refractivity contribution in [2.75, 3.05) is 25.5 Å². The van der Waals surface area contributed by atoms with E-state index in [0.29, 0.717) is 5.69 Å². The molecular formula is C25H26F5N3O7. The topological polar surface area (TPSA) is 167 Å². The molecule has 0 aliphatic heterocycles. The molecule has 0 heterocycles. The molecule has 3 aliphatic carbocycles. The summed E-state index contributed by atoms with van der Waals surface area (Å²) in [6.07, 6.45) is -6.45. The monoisotopic (exact) mass is 575 g/mol. The van der Waals surface area contributed by atoms with Gasteiger partial charge < -0.3 is 26.2 Å². The molecule has 1 amide bonds. The number of primary amides is 1. The largest absolute Gasteiger partial charge is 0.507 e. The number of hydrogen-bond donors (Lipinski definition) is 4. The number of nitrogens with two attached hydrogens (primary N) is 1. The zero-order valence-electron chi connectivity index (χ0n) is 21.3. The van der Waals surface area contributed by atoms with E-state index in [1.165, 1.54) is 11.0 Å². The summed E-state index contributed by atoms with van der Waals surface area (Å²) >= 11 is 0. The van der Waals surface area contributed by atoms with Crippen LogP contribution in [0.3, 0.4) is 0 Å². The first-order chi connectivity index (χ1) is 18.3. The Balaban J connectivity index is 1.73. The van der Waals surface area contributed by atoms with Gasteiger partial charge in [0.15, 0.2) is 34.7 Å². The molecular weight excluding hydrogens is 549 g/mol. The molecule has 4 rings (SSSR count). The van der Waals surface area contributed by atoms with E-state index in [0.717, 1.165) is 0 Å². The van der Waals surface area contributed by atoms with Crippen LogP contribution in [-0.2, 0) is 32.1 Å². The minimum absolute atomic E-state index is 0.0212. The number of phenolic OH excluding ortho intramolecular Hbond substituents is 1. The fraction of sp³-hybridized carbons (Fsp3) is 0.560. The number of nitrogens with zero attached hydrogens (tertiary/aromatic N) is 1. The molecule has 0 spiro atoms. The number of nitrogens with one attached hydrogen (secondary N) is 1. The molecule has 1 aromatic carbocycles. The number of aromatic hydroxyl groups is 1. The predicted octanol–water partition coefficient (Wildman–Crippen LogP) is 0.680. The lowest BCUT2D eigenvalue weighted by molar-refractivity contribution is -0.279. The van der Waals surface area contributed by atoms with E-state index in [9.17, 15) is 56.1 Å². The number of phenols is 1. The summed E-state index contributed by atoms with van der Waals surface area (Å²) in [6, 6.07) is 1.31. The molecule has 2 saturated carbocycles. The lowest BCUT2D eigenvalue weighted by Gasteiger charge is -2.48. The van der Waals surface area contributed by atoms with Crippen molar-refractivity contribution in [3.05, 3.63) is 22.8 Å². The first-order valence-electron chi connectivity index (χ1n) is 12.2. The van der Waals surface area contributed by atoms with Gasteiger partial charge in [-0.1, -0.05) is 0 Å². The Labute approximate surface area is 223 Å². The molecule has 0 bridgehead atoms. The quantitative estimate of drug-likeness (QED) is 0.282. The Kier molecular flexibility index (Phi) is 7.07. The van der Waals surface area contributed by atoms with Crippen LogP contribution in [0.25, 0.3) is 0 Å². The fourth-order valence-electron chi connectivity index (χ4n) is 6.06. The van der Waals surface area contributed by atoms with Gasteiger partial charge >= 0.3 is 12.1 Å². The minimum atomic E-state index is -5.81. The number of carbonyl (C=O) groups is 5. The van der Waals surface area contributed by atoms with Gasteiger partial charge in [0.05, 0.1) is 18.0 Å². The number of alkyl halides is 5. The Hall–Kier alpha value is -3.46. The molecule has 3 aliphatic rings. The summed E-state index contributed by atoms with van der Waals surface area (Å²) in [5.74, 6) is -17.4. The maximum atomic E-state index is 13.7. The zero-order chi connectivity index (χ0) is 30.1. The highest BCUT2D eigenvalue weighted by Gasteiger charge is 2.66. The molecule has 0 saturated heterocycles. The van der Waals surface area contributed by atoms with E-state index in [4.69, 9.17) is 5.73 Å². The molecule has 5 N–H and O–H groups in total. The van der Waals surface area contributed by atoms with Gasteiger partial charge in [0, 0.05) is 44.2 Å². The van der Waals surface area contributed by atoms with Crippen molar-refractivity contribution in [1.29, 1.82) is 0 Å². The van der Waals surface area contributed by atoms with Crippen LogP contribution in [-0.4, -0.2) is 77.6 Å². The molecule has 0 aromatic heterocycles. The smallest absolute Gasteiger partial charge is 0.454 e. The Bertz CT molecular complexity index is 1330. The van der Waals surface area contributed by atoms with Crippen LogP contribution in [0.2, 0.25) is 0 Å². The summed E-state index contributed by atoms with van der Waals surface area (Å²) in [5.41, 5.74) is 2.28. The average Bonchev–Trinajstić information content (AvgIpc) is 2.81. The van der Waals surface area contributed by atoms with Gasteiger partial charge in [0.25, 0.3) is 0 Å². The van der Waals surface area contributed by atoms with Gasteiger partial charge in [-0.25, -0.2) is 0 Å². The summed E-state index contributed by atoms with van der Waals surface area (Å²) < 4.78 is 64.3. The molecule has 1 aromatic rings. The van der Waals surface area contributed by atoms with Crippen LogP contribution < -0.4 is 16.0 Å². The van der Waals surface area contributed by atoms with Crippen molar-refractivity contribution in [1.82, 2.24) is 5.32 Å². The summed E-state index contributed by atoms with van der Waals surface area (Å²) in [5, 5.41) is 24.1. The first kappa shape index (κ1) is 29.5. The van der Waals surface area contributed by atoms with Crippen molar-refractivity contribution in [3.63, 3.8) is 0 Å². The molecule has 10 nitrogen and oxygen atoms in total. The molecule has 218 valence electrons. The normalized spacial score (nSPS) is 28.6. The van der Waals surface area contributed by atoms with Gasteiger partial charge in [-0.2, -0.15) is 22.0 Å². The van der Waals surface area contributed by atoms with Crippen LogP contribution in [0.1, 0.15) is 34.3 Å². The lowest BCUT2D eigenvalue weighted by atomic mass is 9.53. The highest BCUT2D eigenvalue weighted by molar-refractivity contribution is 6.31. The standard InChI is InChI=1S/C25H26F5N3O7/c1-33(2)13-5-10(7-32-8-23(26,27)25(28,29)30)18(35)16-12(13)4-9-3-11-6-14(34)17(22(31)39)21(38)24(11,40)20(37)15(9)19(16)36/h5,9,11,15,17,32,35,40H,3-4,6-8H2,1-2H3,(H2,31,39)/t9-,11+,15?,17?,24+/m1/s1. The second kappa shape index (κ2) is 9.58. The molecule has 5 atom stereocenters. The maximum Gasteiger partial charge on any atom is 0.454 e. The van der Waals surface area contributed by atoms with E-state index < -0.39 is 101 Å². The van der Waals surface area contributed by atoms with Gasteiger partial charge in [0.2, 0.25) is 5.91 Å². The number of ketones is 4. The van der Waals surface area contributed by atoms with Crippen LogP contribution in [0, 0.1) is 23.7 Å². The molecule has 2 fully saturated rings. The molecule has 2 unspecified atom stereocenters. The average molecular weight is 575 g/mol. The number of benzene rings is 1. The van der Waals surface area contributed by atoms with E-state index in [1.807, 2.05) is 5.32 Å². The number of Topliss-reactive ketones (excluding diaryl/α,β-unsaturated/α-hetero) is 4. The third-order valence-corrected chi connectivity index (χ3v) is 8.02. The SMILES string of the molecule is CN(C)c1cc(CNCC(F)(F)C(F)(F)F)c(O)c2c1C[C@H]1C[C@H]3CC(=O)C(C(N)=O)C(=O)[C@@]3(O)C(=O)C1C2=O. The zero-order valence-corrected chi connectivity index (χ0v) is 21.3. The van der Waals surface area contributed by atoms with Crippen LogP contribution in [0.5, 0.6) is 5.75 Å². The Morgan fingerprint density at radius 1 is 1.12 bits per heavy atom. The number of halogens is 5. The summed E-state index contributed by atoms with van der Waals surface area (Å²) in [7, 11) is 3.12. The van der Waals surface area contributed by atoms with Gasteiger partial charge in [-0.05, 0) is 30.4 Å². The highest BCUT2D eigenvalue weighted by Crippen LogP contribution is 2.51. The van der Waals surface area contributed by atoms with Crippen molar-refractivity contribution in [2.45, 2.75) is 43.5 Å². The van der Waals surface area contributed by atoms with Crippen molar-refractivity contribution in [3.8, 4) is 5.75 Å². The lowest BCUT2D eigenvalue weighted by Crippen LogP contribution is -2.68. The predicted molar refractivity (Wildman–Crippen MR) is 126 cm³/mol. The number of anilines is 1. The molecule has 40 heavy (non-hydrogen) atoms. The van der Waals surface area contributed by atoms with Gasteiger partial charge in [0.1, 0.15) is 5.75 Å². The summed E-state index contributed by atoms with van der Waals surface area (Å²) in [4.78, 5) is 66.0. The second-order valence-electron chi connectivity index (χ2n) is 10.7. The van der Waals surface area contributed by atoms with Gasteiger partial charge in [-0.15, -0.1) is 0 Å².